The summed E-state index contributed by atoms with van der Waals surface area (Å²) in [4.78, 5) is 13.7. The number of hydrogen-bond acceptors (Lipinski definition) is 2. The fourth-order valence-electron chi connectivity index (χ4n) is 1.64. The van der Waals surface area contributed by atoms with Gasteiger partial charge in [-0.15, -0.1) is 0 Å². The Kier molecular flexibility index (Phi) is 5.96. The Labute approximate surface area is 119 Å². The zero-order valence-corrected chi connectivity index (χ0v) is 12.7. The number of amides is 2. The van der Waals surface area contributed by atoms with Gasteiger partial charge in [-0.3, -0.25) is 0 Å². The first-order valence-electron chi connectivity index (χ1n) is 6.35. The van der Waals surface area contributed by atoms with Crippen LogP contribution in [0.2, 0.25) is 5.02 Å². The van der Waals surface area contributed by atoms with E-state index < -0.39 is 0 Å². The monoisotopic (exact) mass is 284 g/mol. The largest absolute Gasteiger partial charge is 0.495 e. The topological polar surface area (TPSA) is 41.6 Å². The van der Waals surface area contributed by atoms with Gasteiger partial charge in [-0.2, -0.15) is 0 Å². The third-order valence-electron chi connectivity index (χ3n) is 2.92. The number of ether oxygens (including phenoxy) is 1. The SMILES string of the molecule is CCCCN(C)C(=O)Nc1cc(C)c(Cl)cc1OC. The molecule has 0 heterocycles. The number of unbranched alkanes of at least 4 members (excludes halogenated alkanes) is 1. The maximum atomic E-state index is 12.0. The minimum atomic E-state index is -0.145. The molecule has 0 aliphatic rings. The lowest BCUT2D eigenvalue weighted by atomic mass is 10.2. The molecule has 4 nitrogen and oxygen atoms in total. The van der Waals surface area contributed by atoms with Crippen molar-refractivity contribution in [2.75, 3.05) is 26.0 Å². The first-order valence-corrected chi connectivity index (χ1v) is 6.73. The fraction of sp³-hybridized carbons (Fsp3) is 0.500. The highest BCUT2D eigenvalue weighted by molar-refractivity contribution is 6.31. The van der Waals surface area contributed by atoms with Crippen LogP contribution in [0.1, 0.15) is 25.3 Å². The summed E-state index contributed by atoms with van der Waals surface area (Å²) in [6.45, 7) is 4.72. The summed E-state index contributed by atoms with van der Waals surface area (Å²) in [5.41, 5.74) is 1.53. The smallest absolute Gasteiger partial charge is 0.321 e. The summed E-state index contributed by atoms with van der Waals surface area (Å²) in [5, 5.41) is 3.46. The lowest BCUT2D eigenvalue weighted by Crippen LogP contribution is -2.32. The number of rotatable bonds is 5. The average molecular weight is 285 g/mol. The molecule has 1 rings (SSSR count). The number of benzene rings is 1. The third kappa shape index (κ3) is 4.31. The molecule has 0 saturated heterocycles. The molecule has 0 fully saturated rings. The van der Waals surface area contributed by atoms with Gasteiger partial charge in [0.15, 0.2) is 0 Å². The molecule has 0 spiro atoms. The number of nitrogens with zero attached hydrogens (tertiary/aromatic N) is 1. The van der Waals surface area contributed by atoms with Crippen LogP contribution in [0, 0.1) is 6.92 Å². The molecular weight excluding hydrogens is 264 g/mol. The first-order chi connectivity index (χ1) is 8.99. The van der Waals surface area contributed by atoms with Crippen LogP contribution in [0.5, 0.6) is 5.75 Å². The second kappa shape index (κ2) is 7.24. The Morgan fingerprint density at radius 1 is 1.47 bits per heavy atom. The molecule has 0 aliphatic heterocycles. The van der Waals surface area contributed by atoms with Crippen LogP contribution in [-0.2, 0) is 0 Å². The molecule has 0 saturated carbocycles. The quantitative estimate of drug-likeness (QED) is 0.890. The zero-order chi connectivity index (χ0) is 14.4. The van der Waals surface area contributed by atoms with E-state index in [9.17, 15) is 4.79 Å². The molecule has 2 amide bonds. The summed E-state index contributed by atoms with van der Waals surface area (Å²) in [7, 11) is 3.33. The summed E-state index contributed by atoms with van der Waals surface area (Å²) in [6, 6.07) is 3.37. The number of anilines is 1. The van der Waals surface area contributed by atoms with Crippen LogP contribution in [0.15, 0.2) is 12.1 Å². The molecule has 0 radical (unpaired) electrons. The minimum absolute atomic E-state index is 0.145. The molecule has 0 aliphatic carbocycles. The molecule has 19 heavy (non-hydrogen) atoms. The molecule has 1 aromatic rings. The predicted molar refractivity (Wildman–Crippen MR) is 79.3 cm³/mol. The van der Waals surface area contributed by atoms with Crippen LogP contribution >= 0.6 is 11.6 Å². The van der Waals surface area contributed by atoms with Crippen molar-refractivity contribution >= 4 is 23.3 Å². The van der Waals surface area contributed by atoms with Gasteiger partial charge in [-0.05, 0) is 25.0 Å². The highest BCUT2D eigenvalue weighted by atomic mass is 35.5. The molecule has 1 N–H and O–H groups in total. The van der Waals surface area contributed by atoms with Gasteiger partial charge in [0.1, 0.15) is 5.75 Å². The number of halogens is 1. The molecule has 106 valence electrons. The van der Waals surface area contributed by atoms with Gasteiger partial charge in [-0.25, -0.2) is 4.79 Å². The maximum Gasteiger partial charge on any atom is 0.321 e. The van der Waals surface area contributed by atoms with E-state index in [0.717, 1.165) is 24.9 Å². The van der Waals surface area contributed by atoms with Gasteiger partial charge < -0.3 is 15.0 Å². The highest BCUT2D eigenvalue weighted by Gasteiger charge is 2.13. The molecule has 0 unspecified atom stereocenters. The third-order valence-corrected chi connectivity index (χ3v) is 3.32. The van der Waals surface area contributed by atoms with E-state index in [1.54, 1.807) is 25.1 Å². The Bertz CT molecular complexity index is 449. The van der Waals surface area contributed by atoms with Crippen molar-refractivity contribution in [3.05, 3.63) is 22.7 Å². The highest BCUT2D eigenvalue weighted by Crippen LogP contribution is 2.31. The molecule has 0 bridgehead atoms. The van der Waals surface area contributed by atoms with Gasteiger partial charge in [-0.1, -0.05) is 24.9 Å². The number of carbonyl (C=O) groups is 1. The summed E-state index contributed by atoms with van der Waals surface area (Å²) in [6.07, 6.45) is 2.04. The predicted octanol–water partition coefficient (Wildman–Crippen LogP) is 3.92. The molecule has 0 aromatic heterocycles. The van der Waals surface area contributed by atoms with Crippen LogP contribution in [0.3, 0.4) is 0 Å². The van der Waals surface area contributed by atoms with Gasteiger partial charge in [0.2, 0.25) is 0 Å². The van der Waals surface area contributed by atoms with Gasteiger partial charge in [0.25, 0.3) is 0 Å². The molecule has 1 aromatic carbocycles. The lowest BCUT2D eigenvalue weighted by molar-refractivity contribution is 0.221. The van der Waals surface area contributed by atoms with Crippen LogP contribution in [0.25, 0.3) is 0 Å². The van der Waals surface area contributed by atoms with E-state index in [4.69, 9.17) is 16.3 Å². The average Bonchev–Trinajstić information content (AvgIpc) is 2.39. The van der Waals surface area contributed by atoms with Crippen molar-refractivity contribution in [1.29, 1.82) is 0 Å². The summed E-state index contributed by atoms with van der Waals surface area (Å²) < 4.78 is 5.23. The molecule has 0 atom stereocenters. The maximum absolute atomic E-state index is 12.0. The van der Waals surface area contributed by atoms with Crippen molar-refractivity contribution in [2.24, 2.45) is 0 Å². The zero-order valence-electron chi connectivity index (χ0n) is 11.9. The fourth-order valence-corrected chi connectivity index (χ4v) is 1.79. The summed E-state index contributed by atoms with van der Waals surface area (Å²) >= 11 is 6.03. The Hall–Kier alpha value is -1.42. The van der Waals surface area contributed by atoms with E-state index in [1.165, 1.54) is 0 Å². The van der Waals surface area contributed by atoms with Gasteiger partial charge >= 0.3 is 6.03 Å². The number of urea groups is 1. The van der Waals surface area contributed by atoms with Crippen molar-refractivity contribution in [3.63, 3.8) is 0 Å². The Morgan fingerprint density at radius 2 is 2.16 bits per heavy atom. The number of aryl methyl sites for hydroxylation is 1. The van der Waals surface area contributed by atoms with E-state index in [2.05, 4.69) is 12.2 Å². The Morgan fingerprint density at radius 3 is 2.74 bits per heavy atom. The number of hydrogen-bond donors (Lipinski definition) is 1. The minimum Gasteiger partial charge on any atom is -0.495 e. The van der Waals surface area contributed by atoms with E-state index in [-0.39, 0.29) is 6.03 Å². The number of carbonyl (C=O) groups excluding carboxylic acids is 1. The second-order valence-corrected chi connectivity index (χ2v) is 4.91. The Balaban J connectivity index is 2.81. The van der Waals surface area contributed by atoms with Crippen LogP contribution in [-0.4, -0.2) is 31.6 Å². The van der Waals surface area contributed by atoms with Gasteiger partial charge in [0.05, 0.1) is 12.8 Å². The normalized spacial score (nSPS) is 10.2. The van der Waals surface area contributed by atoms with E-state index in [1.807, 2.05) is 13.0 Å². The summed E-state index contributed by atoms with van der Waals surface area (Å²) in [5.74, 6) is 0.563. The molecular formula is C14H21ClN2O2. The van der Waals surface area contributed by atoms with Crippen molar-refractivity contribution in [3.8, 4) is 5.75 Å². The number of nitrogens with one attached hydrogen (secondary N) is 1. The van der Waals surface area contributed by atoms with E-state index >= 15 is 0 Å². The number of methoxy groups -OCH3 is 1. The standard InChI is InChI=1S/C14H21ClN2O2/c1-5-6-7-17(3)14(18)16-12-8-10(2)11(15)9-13(12)19-4/h8-9H,5-7H2,1-4H3,(H,16,18). The lowest BCUT2D eigenvalue weighted by Gasteiger charge is -2.19. The van der Waals surface area contributed by atoms with E-state index in [0.29, 0.717) is 16.5 Å². The van der Waals surface area contributed by atoms with Crippen molar-refractivity contribution < 1.29 is 9.53 Å². The molecule has 5 heteroatoms. The van der Waals surface area contributed by atoms with Crippen LogP contribution < -0.4 is 10.1 Å². The first kappa shape index (κ1) is 15.6. The van der Waals surface area contributed by atoms with Crippen LogP contribution in [0.4, 0.5) is 10.5 Å². The second-order valence-electron chi connectivity index (χ2n) is 4.51. The van der Waals surface area contributed by atoms with Crippen molar-refractivity contribution in [1.82, 2.24) is 4.90 Å². The van der Waals surface area contributed by atoms with Gasteiger partial charge in [0, 0.05) is 24.7 Å². The van der Waals surface area contributed by atoms with Crippen molar-refractivity contribution in [2.45, 2.75) is 26.7 Å².